The molecule has 0 N–H and O–H groups in total. The minimum atomic E-state index is 0.138. The van der Waals surface area contributed by atoms with Crippen molar-refractivity contribution < 1.29 is 4.74 Å². The number of rotatable bonds is 5. The third-order valence-corrected chi connectivity index (χ3v) is 3.41. The Labute approximate surface area is 142 Å². The fraction of sp³-hybridized carbons (Fsp3) is 0.200. The fourth-order valence-electron chi connectivity index (χ4n) is 2.42. The van der Waals surface area contributed by atoms with Gasteiger partial charge in [0.05, 0.1) is 6.10 Å². The highest BCUT2D eigenvalue weighted by Gasteiger charge is 2.07. The second kappa shape index (κ2) is 7.13. The average molecular weight is 319 g/mol. The fourth-order valence-corrected chi connectivity index (χ4v) is 2.42. The van der Waals surface area contributed by atoms with Gasteiger partial charge < -0.3 is 4.74 Å². The highest BCUT2D eigenvalue weighted by molar-refractivity contribution is 5.62. The van der Waals surface area contributed by atoms with Gasteiger partial charge in [-0.15, -0.1) is 5.10 Å². The maximum atomic E-state index is 5.79. The Morgan fingerprint density at radius 1 is 1.08 bits per heavy atom. The highest BCUT2D eigenvalue weighted by atomic mass is 16.5. The zero-order valence-electron chi connectivity index (χ0n) is 14.2. The summed E-state index contributed by atoms with van der Waals surface area (Å²) in [5.41, 5.74) is 3.20. The van der Waals surface area contributed by atoms with Gasteiger partial charge in [-0.2, -0.15) is 0 Å². The first kappa shape index (κ1) is 16.0. The smallest absolute Gasteiger partial charge is 0.181 e. The van der Waals surface area contributed by atoms with Gasteiger partial charge in [-0.3, -0.25) is 0 Å². The van der Waals surface area contributed by atoms with Gasteiger partial charge in [-0.25, -0.2) is 9.67 Å². The number of nitrogens with zero attached hydrogens (tertiary/aromatic N) is 3. The molecule has 0 aliphatic carbocycles. The molecule has 0 unspecified atom stereocenters. The highest BCUT2D eigenvalue weighted by Crippen LogP contribution is 2.24. The lowest BCUT2D eigenvalue weighted by Crippen LogP contribution is -2.05. The summed E-state index contributed by atoms with van der Waals surface area (Å²) in [6.45, 7) is 6.08. The summed E-state index contributed by atoms with van der Waals surface area (Å²) in [6.07, 6.45) is 5.74. The minimum absolute atomic E-state index is 0.138. The van der Waals surface area contributed by atoms with Crippen molar-refractivity contribution in [3.05, 3.63) is 66.0 Å². The third kappa shape index (κ3) is 4.10. The number of ether oxygens (including phenoxy) is 1. The van der Waals surface area contributed by atoms with Gasteiger partial charge in [0, 0.05) is 11.8 Å². The molecule has 0 spiro atoms. The monoisotopic (exact) mass is 319 g/mol. The summed E-state index contributed by atoms with van der Waals surface area (Å²) in [6, 6.07) is 16.2. The molecule has 24 heavy (non-hydrogen) atoms. The molecule has 3 aromatic rings. The Hall–Kier alpha value is -2.88. The van der Waals surface area contributed by atoms with Crippen molar-refractivity contribution in [2.75, 3.05) is 0 Å². The lowest BCUT2D eigenvalue weighted by molar-refractivity contribution is 0.242. The molecule has 2 aromatic carbocycles. The third-order valence-electron chi connectivity index (χ3n) is 3.41. The van der Waals surface area contributed by atoms with Crippen LogP contribution >= 0.6 is 0 Å². The van der Waals surface area contributed by atoms with Gasteiger partial charge >= 0.3 is 0 Å². The Morgan fingerprint density at radius 3 is 2.62 bits per heavy atom. The van der Waals surface area contributed by atoms with Crippen molar-refractivity contribution in [1.82, 2.24) is 14.8 Å². The Morgan fingerprint density at radius 2 is 1.88 bits per heavy atom. The first-order valence-electron chi connectivity index (χ1n) is 8.03. The summed E-state index contributed by atoms with van der Waals surface area (Å²) in [4.78, 5) is 4.41. The minimum Gasteiger partial charge on any atom is -0.491 e. The van der Waals surface area contributed by atoms with Crippen molar-refractivity contribution in [1.29, 1.82) is 0 Å². The first-order chi connectivity index (χ1) is 11.6. The van der Waals surface area contributed by atoms with Crippen LogP contribution in [0.15, 0.2) is 54.9 Å². The summed E-state index contributed by atoms with van der Waals surface area (Å²) in [7, 11) is 0. The lowest BCUT2D eigenvalue weighted by Gasteiger charge is -2.11. The topological polar surface area (TPSA) is 39.9 Å². The van der Waals surface area contributed by atoms with E-state index in [9.17, 15) is 0 Å². The van der Waals surface area contributed by atoms with Crippen LogP contribution in [0, 0.1) is 6.92 Å². The maximum absolute atomic E-state index is 5.79. The number of benzene rings is 2. The molecule has 0 saturated carbocycles. The number of aromatic nitrogens is 3. The van der Waals surface area contributed by atoms with Crippen LogP contribution in [-0.2, 0) is 0 Å². The second-order valence-electron chi connectivity index (χ2n) is 5.98. The van der Waals surface area contributed by atoms with E-state index in [1.54, 1.807) is 11.0 Å². The van der Waals surface area contributed by atoms with Gasteiger partial charge in [0.2, 0.25) is 0 Å². The van der Waals surface area contributed by atoms with Crippen LogP contribution in [-0.4, -0.2) is 20.9 Å². The molecule has 0 atom stereocenters. The summed E-state index contributed by atoms with van der Waals surface area (Å²) in [5, 5.41) is 4.52. The summed E-state index contributed by atoms with van der Waals surface area (Å²) >= 11 is 0. The molecule has 0 saturated heterocycles. The number of hydrogen-bond donors (Lipinski definition) is 0. The molecule has 3 rings (SSSR count). The van der Waals surface area contributed by atoms with E-state index < -0.39 is 0 Å². The van der Waals surface area contributed by atoms with Crippen molar-refractivity contribution >= 4 is 12.3 Å². The largest absolute Gasteiger partial charge is 0.491 e. The van der Waals surface area contributed by atoms with Crippen LogP contribution in [0.25, 0.3) is 23.7 Å². The van der Waals surface area contributed by atoms with Crippen LogP contribution in [0.3, 0.4) is 0 Å². The van der Waals surface area contributed by atoms with E-state index >= 15 is 0 Å². The molecule has 122 valence electrons. The zero-order valence-corrected chi connectivity index (χ0v) is 14.2. The van der Waals surface area contributed by atoms with Crippen LogP contribution in [0.1, 0.15) is 25.0 Å². The molecule has 0 bridgehead atoms. The molecular formula is C20H21N3O. The number of aryl methyl sites for hydroxylation is 1. The molecule has 0 amide bonds. The van der Waals surface area contributed by atoms with Gasteiger partial charge in [-0.1, -0.05) is 30.3 Å². The lowest BCUT2D eigenvalue weighted by atomic mass is 10.1. The summed E-state index contributed by atoms with van der Waals surface area (Å²) in [5.74, 6) is 1.53. The summed E-state index contributed by atoms with van der Waals surface area (Å²) < 4.78 is 7.51. The van der Waals surface area contributed by atoms with E-state index in [0.29, 0.717) is 5.82 Å². The molecule has 1 aromatic heterocycles. The molecule has 4 nitrogen and oxygen atoms in total. The molecular weight excluding hydrogens is 298 g/mol. The van der Waals surface area contributed by atoms with Gasteiger partial charge in [-0.05, 0) is 56.2 Å². The van der Waals surface area contributed by atoms with Crippen LogP contribution in [0.4, 0.5) is 0 Å². The van der Waals surface area contributed by atoms with Crippen LogP contribution in [0.2, 0.25) is 0 Å². The Balaban J connectivity index is 1.83. The molecule has 4 heteroatoms. The molecule has 0 aliphatic rings. The van der Waals surface area contributed by atoms with Crippen molar-refractivity contribution in [2.45, 2.75) is 26.9 Å². The van der Waals surface area contributed by atoms with Gasteiger partial charge in [0.15, 0.2) is 5.82 Å². The standard InChI is InChI=1S/C20H21N3O/c1-15(2)24-19-12-16(3)11-18(13-19)20-21-14-23(22-20)10-9-17-7-5-4-6-8-17/h4-15H,1-3H3/b10-9-. The molecule has 1 heterocycles. The van der Waals surface area contributed by atoms with Gasteiger partial charge in [0.25, 0.3) is 0 Å². The zero-order chi connectivity index (χ0) is 16.9. The Bertz CT molecular complexity index is 835. The van der Waals surface area contributed by atoms with E-state index in [1.807, 2.05) is 75.5 Å². The van der Waals surface area contributed by atoms with Crippen molar-refractivity contribution in [3.8, 4) is 17.1 Å². The number of hydrogen-bond acceptors (Lipinski definition) is 3. The van der Waals surface area contributed by atoms with Crippen molar-refractivity contribution in [2.24, 2.45) is 0 Å². The molecule has 0 fully saturated rings. The molecule has 0 aliphatic heterocycles. The Kier molecular flexibility index (Phi) is 4.75. The van der Waals surface area contributed by atoms with E-state index in [4.69, 9.17) is 4.74 Å². The van der Waals surface area contributed by atoms with Crippen LogP contribution < -0.4 is 4.74 Å². The van der Waals surface area contributed by atoms with E-state index in [-0.39, 0.29) is 6.10 Å². The van der Waals surface area contributed by atoms with Crippen LogP contribution in [0.5, 0.6) is 5.75 Å². The van der Waals surface area contributed by atoms with Crippen molar-refractivity contribution in [3.63, 3.8) is 0 Å². The molecule has 0 radical (unpaired) electrons. The first-order valence-corrected chi connectivity index (χ1v) is 8.03. The normalized spacial score (nSPS) is 11.3. The van der Waals surface area contributed by atoms with E-state index in [2.05, 4.69) is 16.1 Å². The predicted molar refractivity (Wildman–Crippen MR) is 97.6 cm³/mol. The van der Waals surface area contributed by atoms with Gasteiger partial charge in [0.1, 0.15) is 12.1 Å². The SMILES string of the molecule is Cc1cc(OC(C)C)cc(-c2ncn(/C=C\c3ccccc3)n2)c1. The van der Waals surface area contributed by atoms with E-state index in [1.165, 1.54) is 0 Å². The van der Waals surface area contributed by atoms with E-state index in [0.717, 1.165) is 22.4 Å². The predicted octanol–water partition coefficient (Wildman–Crippen LogP) is 4.67. The average Bonchev–Trinajstić information content (AvgIpc) is 3.02. The maximum Gasteiger partial charge on any atom is 0.181 e. The second-order valence-corrected chi connectivity index (χ2v) is 5.98. The quantitative estimate of drug-likeness (QED) is 0.686.